The number of pyridine rings is 1. The van der Waals surface area contributed by atoms with Crippen molar-refractivity contribution in [3.8, 4) is 0 Å². The van der Waals surface area contributed by atoms with Crippen molar-refractivity contribution in [3.05, 3.63) is 115 Å². The summed E-state index contributed by atoms with van der Waals surface area (Å²) in [4.78, 5) is 39.0. The number of fused-ring (bicyclic) bond motifs is 1. The SMILES string of the molecule is O=C(O)c1ccc(Cc2cc3cc(C(=O)NCc4ccc(I)cc4)ccc3[nH]c2=O)cc1. The number of carboxylic acids is 1. The van der Waals surface area contributed by atoms with Crippen molar-refractivity contribution in [3.63, 3.8) is 0 Å². The van der Waals surface area contributed by atoms with E-state index >= 15 is 0 Å². The molecule has 3 aromatic carbocycles. The van der Waals surface area contributed by atoms with Crippen LogP contribution in [0.1, 0.15) is 37.4 Å². The van der Waals surface area contributed by atoms with Crippen molar-refractivity contribution >= 4 is 45.4 Å². The number of amides is 1. The quantitative estimate of drug-likeness (QED) is 0.318. The molecular formula is C25H19IN2O4. The highest BCUT2D eigenvalue weighted by atomic mass is 127. The lowest BCUT2D eigenvalue weighted by Crippen LogP contribution is -2.22. The Labute approximate surface area is 197 Å². The summed E-state index contributed by atoms with van der Waals surface area (Å²) in [6.07, 6.45) is 0.356. The zero-order chi connectivity index (χ0) is 22.7. The zero-order valence-electron chi connectivity index (χ0n) is 16.9. The lowest BCUT2D eigenvalue weighted by molar-refractivity contribution is 0.0696. The largest absolute Gasteiger partial charge is 0.478 e. The number of carboxylic acid groups (broad SMARTS) is 1. The van der Waals surface area contributed by atoms with Gasteiger partial charge in [-0.3, -0.25) is 9.59 Å². The summed E-state index contributed by atoms with van der Waals surface area (Å²) in [7, 11) is 0. The van der Waals surface area contributed by atoms with E-state index < -0.39 is 5.97 Å². The molecule has 1 aromatic heterocycles. The number of rotatable bonds is 6. The van der Waals surface area contributed by atoms with Gasteiger partial charge in [0.1, 0.15) is 0 Å². The van der Waals surface area contributed by atoms with Crippen LogP contribution in [0.4, 0.5) is 0 Å². The first-order valence-electron chi connectivity index (χ1n) is 9.90. The molecule has 0 saturated heterocycles. The molecule has 7 heteroatoms. The normalized spacial score (nSPS) is 10.8. The van der Waals surface area contributed by atoms with Gasteiger partial charge in [-0.25, -0.2) is 4.79 Å². The molecule has 3 N–H and O–H groups in total. The van der Waals surface area contributed by atoms with Crippen molar-refractivity contribution in [1.82, 2.24) is 10.3 Å². The monoisotopic (exact) mass is 538 g/mol. The third kappa shape index (κ3) is 5.05. The Morgan fingerprint density at radius 2 is 1.53 bits per heavy atom. The van der Waals surface area contributed by atoms with Gasteiger partial charge in [0.2, 0.25) is 0 Å². The van der Waals surface area contributed by atoms with Crippen LogP contribution in [0, 0.1) is 3.57 Å². The van der Waals surface area contributed by atoms with Gasteiger partial charge >= 0.3 is 5.97 Å². The lowest BCUT2D eigenvalue weighted by atomic mass is 10.0. The summed E-state index contributed by atoms with van der Waals surface area (Å²) in [5.41, 5.74) is 3.52. The number of aromatic nitrogens is 1. The van der Waals surface area contributed by atoms with E-state index in [4.69, 9.17) is 5.11 Å². The van der Waals surface area contributed by atoms with E-state index in [0.717, 1.165) is 20.1 Å². The van der Waals surface area contributed by atoms with E-state index in [2.05, 4.69) is 32.9 Å². The van der Waals surface area contributed by atoms with Crippen LogP contribution in [-0.2, 0) is 13.0 Å². The summed E-state index contributed by atoms with van der Waals surface area (Å²) in [5.74, 6) is -1.18. The fourth-order valence-corrected chi connectivity index (χ4v) is 3.76. The number of carbonyl (C=O) groups is 2. The molecule has 0 radical (unpaired) electrons. The average Bonchev–Trinajstić information content (AvgIpc) is 2.79. The van der Waals surface area contributed by atoms with Gasteiger partial charge in [-0.05, 0) is 87.6 Å². The standard InChI is InChI=1S/C25H19IN2O4/c26-21-8-3-16(4-9-21)14-27-23(29)18-7-10-22-19(12-18)13-20(24(30)28-22)11-15-1-5-17(6-2-15)25(31)32/h1-10,12-13H,11,14H2,(H,27,29)(H,28,30)(H,31,32). The molecule has 4 aromatic rings. The number of H-pyrrole nitrogens is 1. The molecule has 32 heavy (non-hydrogen) atoms. The third-order valence-electron chi connectivity index (χ3n) is 5.15. The Kier molecular flexibility index (Phi) is 6.36. The Balaban J connectivity index is 1.54. The van der Waals surface area contributed by atoms with E-state index in [1.807, 2.05) is 24.3 Å². The maximum absolute atomic E-state index is 12.6. The van der Waals surface area contributed by atoms with Gasteiger partial charge in [0.25, 0.3) is 11.5 Å². The first-order valence-corrected chi connectivity index (χ1v) is 11.0. The summed E-state index contributed by atoms with van der Waals surface area (Å²) in [6.45, 7) is 0.428. The first kappa shape index (κ1) is 21.8. The van der Waals surface area contributed by atoms with Gasteiger partial charge in [-0.2, -0.15) is 0 Å². The van der Waals surface area contributed by atoms with Gasteiger partial charge < -0.3 is 15.4 Å². The van der Waals surface area contributed by atoms with Crippen molar-refractivity contribution in [2.75, 3.05) is 0 Å². The van der Waals surface area contributed by atoms with Crippen LogP contribution in [0.5, 0.6) is 0 Å². The van der Waals surface area contributed by atoms with Gasteiger partial charge in [0.15, 0.2) is 0 Å². The van der Waals surface area contributed by atoms with Crippen LogP contribution < -0.4 is 10.9 Å². The lowest BCUT2D eigenvalue weighted by Gasteiger charge is -2.08. The number of aromatic amines is 1. The molecule has 160 valence electrons. The smallest absolute Gasteiger partial charge is 0.335 e. The van der Waals surface area contributed by atoms with Crippen molar-refractivity contribution in [1.29, 1.82) is 0 Å². The minimum Gasteiger partial charge on any atom is -0.478 e. The molecule has 0 spiro atoms. The van der Waals surface area contributed by atoms with Gasteiger partial charge in [-0.15, -0.1) is 0 Å². The maximum Gasteiger partial charge on any atom is 0.335 e. The second kappa shape index (κ2) is 9.35. The number of nitrogens with one attached hydrogen (secondary N) is 2. The molecule has 0 atom stereocenters. The van der Waals surface area contributed by atoms with Crippen LogP contribution in [0.3, 0.4) is 0 Å². The minimum absolute atomic E-state index is 0.192. The third-order valence-corrected chi connectivity index (χ3v) is 5.86. The number of hydrogen-bond donors (Lipinski definition) is 3. The summed E-state index contributed by atoms with van der Waals surface area (Å²) in [5, 5.41) is 12.7. The number of carbonyl (C=O) groups excluding carboxylic acids is 1. The Hall–Kier alpha value is -3.46. The van der Waals surface area contributed by atoms with Gasteiger partial charge in [0.05, 0.1) is 5.56 Å². The van der Waals surface area contributed by atoms with Gasteiger partial charge in [0, 0.05) is 33.2 Å². The van der Waals surface area contributed by atoms with Crippen molar-refractivity contribution < 1.29 is 14.7 Å². The van der Waals surface area contributed by atoms with Crippen LogP contribution in [0.15, 0.2) is 77.6 Å². The molecule has 0 aliphatic rings. The molecule has 1 amide bonds. The Morgan fingerprint density at radius 3 is 2.22 bits per heavy atom. The molecule has 0 saturated carbocycles. The van der Waals surface area contributed by atoms with Crippen LogP contribution >= 0.6 is 22.6 Å². The van der Waals surface area contributed by atoms with E-state index in [9.17, 15) is 14.4 Å². The predicted octanol–water partition coefficient (Wildman–Crippen LogP) is 4.35. The molecule has 0 unspecified atom stereocenters. The molecule has 0 aliphatic carbocycles. The van der Waals surface area contributed by atoms with E-state index in [0.29, 0.717) is 29.6 Å². The molecule has 0 bridgehead atoms. The number of benzene rings is 3. The maximum atomic E-state index is 12.6. The molecule has 6 nitrogen and oxygen atoms in total. The molecule has 1 heterocycles. The number of aromatic carboxylic acids is 1. The molecule has 0 aliphatic heterocycles. The van der Waals surface area contributed by atoms with Crippen molar-refractivity contribution in [2.45, 2.75) is 13.0 Å². The van der Waals surface area contributed by atoms with Gasteiger partial charge in [-0.1, -0.05) is 24.3 Å². The van der Waals surface area contributed by atoms with Crippen LogP contribution in [-0.4, -0.2) is 22.0 Å². The molecule has 0 fully saturated rings. The Morgan fingerprint density at radius 1 is 0.875 bits per heavy atom. The van der Waals surface area contributed by atoms with Crippen molar-refractivity contribution in [2.24, 2.45) is 0 Å². The average molecular weight is 538 g/mol. The predicted molar refractivity (Wildman–Crippen MR) is 131 cm³/mol. The zero-order valence-corrected chi connectivity index (χ0v) is 19.0. The van der Waals surface area contributed by atoms with E-state index in [1.54, 1.807) is 36.4 Å². The van der Waals surface area contributed by atoms with Crippen LogP contribution in [0.25, 0.3) is 10.9 Å². The molecular weight excluding hydrogens is 519 g/mol. The van der Waals surface area contributed by atoms with E-state index in [-0.39, 0.29) is 17.0 Å². The van der Waals surface area contributed by atoms with Crippen LogP contribution in [0.2, 0.25) is 0 Å². The Bertz CT molecular complexity index is 1360. The highest BCUT2D eigenvalue weighted by Crippen LogP contribution is 2.17. The van der Waals surface area contributed by atoms with E-state index in [1.165, 1.54) is 12.1 Å². The second-order valence-corrected chi connectivity index (χ2v) is 8.66. The minimum atomic E-state index is -0.993. The number of halogens is 1. The first-order chi connectivity index (χ1) is 15.4. The summed E-state index contributed by atoms with van der Waals surface area (Å²) in [6, 6.07) is 21.3. The highest BCUT2D eigenvalue weighted by Gasteiger charge is 2.10. The highest BCUT2D eigenvalue weighted by molar-refractivity contribution is 14.1. The summed E-state index contributed by atoms with van der Waals surface area (Å²) >= 11 is 2.23. The molecule has 4 rings (SSSR count). The summed E-state index contributed by atoms with van der Waals surface area (Å²) < 4.78 is 1.13. The fourth-order valence-electron chi connectivity index (χ4n) is 3.40. The fraction of sp³-hybridized carbons (Fsp3) is 0.0800. The topological polar surface area (TPSA) is 99.3 Å². The second-order valence-electron chi connectivity index (χ2n) is 7.41. The number of hydrogen-bond acceptors (Lipinski definition) is 3.